The summed E-state index contributed by atoms with van der Waals surface area (Å²) in [7, 11) is -11.0. The average molecular weight is 1080 g/mol. The molecule has 1 saturated heterocycles. The van der Waals surface area contributed by atoms with Gasteiger partial charge < -0.3 is 50.2 Å². The predicted molar refractivity (Wildman–Crippen MR) is 282 cm³/mol. The summed E-state index contributed by atoms with van der Waals surface area (Å²) in [6.45, 7) is 1.70. The van der Waals surface area contributed by atoms with Crippen molar-refractivity contribution in [2.45, 2.75) is 172 Å². The molecular formula is C52H81N3O17P2. The number of esters is 2. The highest BCUT2D eigenvalue weighted by Gasteiger charge is 2.46. The number of hydrogen-bond donors (Lipinski definition) is 7. The van der Waals surface area contributed by atoms with Gasteiger partial charge in [0.25, 0.3) is 0 Å². The summed E-state index contributed by atoms with van der Waals surface area (Å²) in [6.07, 6.45) is 35.4. The zero-order valence-electron chi connectivity index (χ0n) is 42.8. The summed E-state index contributed by atoms with van der Waals surface area (Å²) >= 11 is 0. The monoisotopic (exact) mass is 1080 g/mol. The summed E-state index contributed by atoms with van der Waals surface area (Å²) in [6, 6.07) is 1.23. The highest BCUT2D eigenvalue weighted by Crippen LogP contribution is 2.60. The van der Waals surface area contributed by atoms with Crippen molar-refractivity contribution < 1.29 is 76.5 Å². The van der Waals surface area contributed by atoms with Gasteiger partial charge in [-0.2, -0.15) is 9.29 Å². The van der Waals surface area contributed by atoms with Gasteiger partial charge in [-0.15, -0.1) is 0 Å². The molecule has 416 valence electrons. The van der Waals surface area contributed by atoms with Crippen LogP contribution in [0.25, 0.3) is 0 Å². The molecule has 0 aliphatic carbocycles. The summed E-state index contributed by atoms with van der Waals surface area (Å²) in [5.41, 5.74) is 4.56. The van der Waals surface area contributed by atoms with Gasteiger partial charge in [-0.1, -0.05) is 137 Å². The highest BCUT2D eigenvalue weighted by atomic mass is 31.3. The Morgan fingerprint density at radius 3 is 2.00 bits per heavy atom. The third-order valence-corrected chi connectivity index (χ3v) is 13.4. The smallest absolute Gasteiger partial charge is 0.462 e. The molecule has 0 radical (unpaired) electrons. The molecular weight excluding hydrogens is 1000 g/mol. The Hall–Kier alpha value is -4.40. The highest BCUT2D eigenvalue weighted by molar-refractivity contribution is 7.61. The van der Waals surface area contributed by atoms with Crippen LogP contribution in [-0.2, 0) is 46.3 Å². The number of aliphatic hydroxyl groups is 4. The predicted octanol–water partition coefficient (Wildman–Crippen LogP) is 8.38. The fourth-order valence-corrected chi connectivity index (χ4v) is 8.96. The first-order valence-corrected chi connectivity index (χ1v) is 28.5. The number of rotatable bonds is 40. The number of nitrogen functional groups attached to an aromatic ring is 1. The first-order valence-electron chi connectivity index (χ1n) is 25.5. The number of allylic oxidation sites excluding steroid dienone is 13. The number of carbonyl (C=O) groups is 2. The summed E-state index contributed by atoms with van der Waals surface area (Å²) < 4.78 is 56.5. The fourth-order valence-electron chi connectivity index (χ4n) is 6.85. The number of hydrogen-bond acceptors (Lipinski definition) is 17. The van der Waals surface area contributed by atoms with Crippen LogP contribution in [0.3, 0.4) is 0 Å². The van der Waals surface area contributed by atoms with E-state index in [4.69, 9.17) is 29.0 Å². The van der Waals surface area contributed by atoms with Crippen LogP contribution in [-0.4, -0.2) is 108 Å². The second-order valence-electron chi connectivity index (χ2n) is 17.3. The Balaban J connectivity index is 1.89. The van der Waals surface area contributed by atoms with Crippen LogP contribution < -0.4 is 11.4 Å². The van der Waals surface area contributed by atoms with Gasteiger partial charge >= 0.3 is 33.3 Å². The van der Waals surface area contributed by atoms with Crippen molar-refractivity contribution in [3.8, 4) is 0 Å². The third-order valence-electron chi connectivity index (χ3n) is 10.8. The molecule has 0 amide bonds. The molecule has 9 atom stereocenters. The van der Waals surface area contributed by atoms with E-state index < -0.39 is 95.9 Å². The van der Waals surface area contributed by atoms with E-state index >= 15 is 0 Å². The Morgan fingerprint density at radius 1 is 0.743 bits per heavy atom. The van der Waals surface area contributed by atoms with Crippen LogP contribution in [0.15, 0.2) is 114 Å². The Labute approximate surface area is 435 Å². The van der Waals surface area contributed by atoms with Gasteiger partial charge in [-0.25, -0.2) is 13.9 Å². The minimum absolute atomic E-state index is 0.0365. The van der Waals surface area contributed by atoms with E-state index in [2.05, 4.69) is 77.8 Å². The molecule has 1 aliphatic heterocycles. The lowest BCUT2D eigenvalue weighted by atomic mass is 10.1. The lowest BCUT2D eigenvalue weighted by molar-refractivity contribution is -0.161. The normalized spacial score (nSPS) is 20.5. The van der Waals surface area contributed by atoms with Crippen molar-refractivity contribution in [2.24, 2.45) is 0 Å². The molecule has 74 heavy (non-hydrogen) atoms. The number of aliphatic hydroxyl groups excluding tert-OH is 4. The van der Waals surface area contributed by atoms with Crippen LogP contribution in [0.5, 0.6) is 0 Å². The van der Waals surface area contributed by atoms with Gasteiger partial charge in [-0.3, -0.25) is 23.2 Å². The average Bonchev–Trinajstić information content (AvgIpc) is 3.63. The molecule has 1 aliphatic rings. The van der Waals surface area contributed by atoms with Gasteiger partial charge in [0.05, 0.1) is 25.4 Å². The number of phosphoric ester groups is 2. The van der Waals surface area contributed by atoms with Crippen molar-refractivity contribution in [3.63, 3.8) is 0 Å². The molecule has 0 saturated carbocycles. The number of carbonyl (C=O) groups excluding carboxylic acids is 2. The Bertz CT molecular complexity index is 2160. The van der Waals surface area contributed by atoms with Gasteiger partial charge in [0.15, 0.2) is 12.3 Å². The van der Waals surface area contributed by atoms with Gasteiger partial charge in [-0.05, 0) is 83.1 Å². The topological polar surface area (TPSA) is 306 Å². The van der Waals surface area contributed by atoms with Crippen molar-refractivity contribution >= 4 is 33.4 Å². The first-order chi connectivity index (χ1) is 35.5. The molecule has 1 aromatic rings. The number of ether oxygens (including phenoxy) is 3. The molecule has 2 heterocycles. The molecule has 22 heteroatoms. The van der Waals surface area contributed by atoms with E-state index in [0.717, 1.165) is 75.0 Å². The number of nitrogens with two attached hydrogens (primary N) is 1. The van der Waals surface area contributed by atoms with Crippen LogP contribution in [0.2, 0.25) is 0 Å². The molecule has 20 nitrogen and oxygen atoms in total. The molecule has 1 aromatic heterocycles. The summed E-state index contributed by atoms with van der Waals surface area (Å²) in [5.74, 6) is -1.59. The maximum absolute atomic E-state index is 12.9. The molecule has 0 bridgehead atoms. The van der Waals surface area contributed by atoms with Crippen LogP contribution in [0.1, 0.15) is 136 Å². The number of anilines is 1. The zero-order valence-corrected chi connectivity index (χ0v) is 44.6. The number of phosphoric acid groups is 2. The number of nitrogens with zero attached hydrogens (tertiary/aromatic N) is 2. The minimum Gasteiger partial charge on any atom is -0.462 e. The van der Waals surface area contributed by atoms with Gasteiger partial charge in [0.1, 0.15) is 30.7 Å². The lowest BCUT2D eigenvalue weighted by Gasteiger charge is -2.21. The van der Waals surface area contributed by atoms with E-state index in [1.54, 1.807) is 30.4 Å². The molecule has 0 aromatic carbocycles. The molecule has 2 unspecified atom stereocenters. The summed E-state index contributed by atoms with van der Waals surface area (Å²) in [4.78, 5) is 61.9. The SMILES string of the molecule is CC/C=C\C/C=C\C/C=C\C/C=C\CCCCCCC(=O)O[C@H](COC(=O)CCC[C@H](O)\C=C/C=C/C=C/[C@H](O)C/C=C\CCCCC)COP(=O)(O)OP(=O)(O)OC[C@H]1O[C@@H](n2ccc(N)nc2=O)[C@H](O)[C@@H]1O. The molecule has 0 spiro atoms. The summed E-state index contributed by atoms with van der Waals surface area (Å²) in [5, 5.41) is 41.3. The molecule has 1 fully saturated rings. The Kier molecular flexibility index (Phi) is 34.7. The zero-order chi connectivity index (χ0) is 54.5. The van der Waals surface area contributed by atoms with E-state index in [9.17, 15) is 53.7 Å². The quantitative estimate of drug-likeness (QED) is 0.0107. The number of unbranched alkanes of at least 4 members (excludes halogenated alkanes) is 7. The minimum atomic E-state index is -5.49. The number of aromatic nitrogens is 2. The second-order valence-corrected chi connectivity index (χ2v) is 20.4. The maximum Gasteiger partial charge on any atom is 0.481 e. The van der Waals surface area contributed by atoms with Crippen molar-refractivity contribution in [1.29, 1.82) is 0 Å². The fraction of sp³-hybridized carbons (Fsp3) is 0.577. The lowest BCUT2D eigenvalue weighted by Crippen LogP contribution is -2.36. The van der Waals surface area contributed by atoms with Gasteiger partial charge in [0.2, 0.25) is 0 Å². The molecule has 8 N–H and O–H groups in total. The maximum atomic E-state index is 12.9. The third kappa shape index (κ3) is 31.5. The van der Waals surface area contributed by atoms with E-state index in [-0.39, 0.29) is 31.5 Å². The van der Waals surface area contributed by atoms with Gasteiger partial charge in [0, 0.05) is 19.0 Å². The van der Waals surface area contributed by atoms with E-state index in [1.165, 1.54) is 18.6 Å². The van der Waals surface area contributed by atoms with Crippen molar-refractivity contribution in [3.05, 3.63) is 120 Å². The molecule has 2 rings (SSSR count). The second kappa shape index (κ2) is 39.0. The van der Waals surface area contributed by atoms with Crippen LogP contribution in [0.4, 0.5) is 5.82 Å². The van der Waals surface area contributed by atoms with Crippen molar-refractivity contribution in [1.82, 2.24) is 9.55 Å². The van der Waals surface area contributed by atoms with Crippen molar-refractivity contribution in [2.75, 3.05) is 25.6 Å². The largest absolute Gasteiger partial charge is 0.481 e. The van der Waals surface area contributed by atoms with E-state index in [0.29, 0.717) is 19.3 Å². The van der Waals surface area contributed by atoms with Crippen LogP contribution >= 0.6 is 15.6 Å². The van der Waals surface area contributed by atoms with E-state index in [1.807, 2.05) is 6.08 Å². The first kappa shape index (κ1) is 65.7. The Morgan fingerprint density at radius 2 is 1.34 bits per heavy atom. The van der Waals surface area contributed by atoms with Crippen LogP contribution in [0, 0.1) is 0 Å². The standard InChI is InChI=1S/C52H81N3O17P2/c1-3-5-7-9-11-12-13-14-15-16-17-18-19-20-21-23-29-35-48(59)70-44(39-67-47(58)36-30-34-43(57)33-28-25-24-27-32-42(56)31-26-22-10-8-6-4-2)40-68-73(63,64)72-74(65,66)69-41-45-49(60)50(61)51(71-45)55-38-37-46(53)54-52(55)62/h5,7,11-12,14-15,17-18,22,24-28,32-33,37-38,42-45,49-51,56-57,60-61H,3-4,6,8-10,13,16,19-21,23,29-31,34-36,39-41H2,1-2H3,(H,63,64)(H,65,66)(H2,53,54,62)/b7-5-,12-11-,15-14-,18-17-,25-24+,26-22-,32-27+,33-28-/t42-,43-,44-,45-,49-,50-,51-/m1/s1.